The highest BCUT2D eigenvalue weighted by molar-refractivity contribution is 5.78. The lowest BCUT2D eigenvalue weighted by Crippen LogP contribution is -2.32. The van der Waals surface area contributed by atoms with E-state index in [-0.39, 0.29) is 5.91 Å². The van der Waals surface area contributed by atoms with Gasteiger partial charge in [0.1, 0.15) is 0 Å². The fourth-order valence-corrected chi connectivity index (χ4v) is 2.25. The average molecular weight is 247 g/mol. The first-order valence-electron chi connectivity index (χ1n) is 6.41. The smallest absolute Gasteiger partial charge is 0.220 e. The monoisotopic (exact) mass is 247 g/mol. The lowest BCUT2D eigenvalue weighted by atomic mass is 9.98. The van der Waals surface area contributed by atoms with E-state index < -0.39 is 0 Å². The van der Waals surface area contributed by atoms with Gasteiger partial charge in [0.2, 0.25) is 5.91 Å². The Labute approximate surface area is 108 Å². The van der Waals surface area contributed by atoms with Gasteiger partial charge in [-0.15, -0.1) is 0 Å². The van der Waals surface area contributed by atoms with E-state index >= 15 is 0 Å². The van der Waals surface area contributed by atoms with Crippen molar-refractivity contribution in [1.82, 2.24) is 10.2 Å². The van der Waals surface area contributed by atoms with E-state index in [0.717, 1.165) is 13.1 Å². The van der Waals surface area contributed by atoms with Crippen molar-refractivity contribution in [3.8, 4) is 0 Å². The Bertz CT molecular complexity index is 417. The van der Waals surface area contributed by atoms with Crippen LogP contribution >= 0.6 is 0 Å². The summed E-state index contributed by atoms with van der Waals surface area (Å²) < 4.78 is 0. The fraction of sp³-hybridized carbons (Fsp3) is 0.500. The highest BCUT2D eigenvalue weighted by Gasteiger charge is 2.23. The number of para-hydroxylation sites is 1. The largest absolute Gasteiger partial charge is 0.384 e. The third-order valence-corrected chi connectivity index (χ3v) is 3.25. The topological polar surface area (TPSA) is 44.4 Å². The van der Waals surface area contributed by atoms with Crippen molar-refractivity contribution in [2.24, 2.45) is 0 Å². The first-order chi connectivity index (χ1) is 8.66. The molecule has 1 amide bonds. The van der Waals surface area contributed by atoms with E-state index in [1.54, 1.807) is 0 Å². The Morgan fingerprint density at radius 1 is 1.44 bits per heavy atom. The van der Waals surface area contributed by atoms with Crippen molar-refractivity contribution in [3.05, 3.63) is 29.8 Å². The second-order valence-corrected chi connectivity index (χ2v) is 5.02. The SMILES string of the molecule is CN(C)CCNC(=O)CC1CNc2ccccc21. The molecule has 0 saturated carbocycles. The Hall–Kier alpha value is -1.55. The zero-order valence-corrected chi connectivity index (χ0v) is 11.1. The molecule has 98 valence electrons. The molecule has 0 bridgehead atoms. The predicted molar refractivity (Wildman–Crippen MR) is 73.9 cm³/mol. The van der Waals surface area contributed by atoms with E-state index in [4.69, 9.17) is 0 Å². The number of rotatable bonds is 5. The summed E-state index contributed by atoms with van der Waals surface area (Å²) in [6, 6.07) is 8.22. The third-order valence-electron chi connectivity index (χ3n) is 3.25. The number of nitrogens with zero attached hydrogens (tertiary/aromatic N) is 1. The molecule has 1 aromatic rings. The fourth-order valence-electron chi connectivity index (χ4n) is 2.25. The van der Waals surface area contributed by atoms with Crippen LogP contribution in [0.2, 0.25) is 0 Å². The van der Waals surface area contributed by atoms with Crippen LogP contribution in [0, 0.1) is 0 Å². The molecule has 1 aliphatic heterocycles. The average Bonchev–Trinajstić information content (AvgIpc) is 2.72. The summed E-state index contributed by atoms with van der Waals surface area (Å²) in [6.07, 6.45) is 0.567. The number of fused-ring (bicyclic) bond motifs is 1. The van der Waals surface area contributed by atoms with Crippen LogP contribution in [-0.4, -0.2) is 44.5 Å². The van der Waals surface area contributed by atoms with Crippen LogP contribution in [0.1, 0.15) is 17.9 Å². The molecule has 0 aliphatic carbocycles. The molecule has 0 aromatic heterocycles. The van der Waals surface area contributed by atoms with E-state index in [1.165, 1.54) is 11.3 Å². The van der Waals surface area contributed by atoms with Gasteiger partial charge < -0.3 is 15.5 Å². The summed E-state index contributed by atoms with van der Waals surface area (Å²) in [7, 11) is 4.01. The number of benzene rings is 1. The Morgan fingerprint density at radius 2 is 2.22 bits per heavy atom. The number of hydrogen-bond donors (Lipinski definition) is 2. The minimum Gasteiger partial charge on any atom is -0.384 e. The van der Waals surface area contributed by atoms with Crippen molar-refractivity contribution in [1.29, 1.82) is 0 Å². The van der Waals surface area contributed by atoms with Gasteiger partial charge in [0.05, 0.1) is 0 Å². The molecule has 2 rings (SSSR count). The Kier molecular flexibility index (Phi) is 4.20. The zero-order valence-electron chi connectivity index (χ0n) is 11.1. The number of nitrogens with one attached hydrogen (secondary N) is 2. The summed E-state index contributed by atoms with van der Waals surface area (Å²) >= 11 is 0. The number of amides is 1. The van der Waals surface area contributed by atoms with Gasteiger partial charge in [0.15, 0.2) is 0 Å². The quantitative estimate of drug-likeness (QED) is 0.823. The molecule has 0 radical (unpaired) electrons. The number of hydrogen-bond acceptors (Lipinski definition) is 3. The lowest BCUT2D eigenvalue weighted by molar-refractivity contribution is -0.121. The van der Waals surface area contributed by atoms with Crippen LogP contribution < -0.4 is 10.6 Å². The molecular weight excluding hydrogens is 226 g/mol. The van der Waals surface area contributed by atoms with Gasteiger partial charge in [-0.25, -0.2) is 0 Å². The van der Waals surface area contributed by atoms with Crippen molar-refractivity contribution >= 4 is 11.6 Å². The summed E-state index contributed by atoms with van der Waals surface area (Å²) in [5.74, 6) is 0.445. The van der Waals surface area contributed by atoms with Crippen LogP contribution in [0.15, 0.2) is 24.3 Å². The number of likely N-dealkylation sites (N-methyl/N-ethyl adjacent to an activating group) is 1. The van der Waals surface area contributed by atoms with E-state index in [1.807, 2.05) is 26.2 Å². The first kappa shape index (κ1) is 12.9. The number of anilines is 1. The summed E-state index contributed by atoms with van der Waals surface area (Å²) in [5.41, 5.74) is 2.43. The molecule has 4 heteroatoms. The maximum atomic E-state index is 11.8. The van der Waals surface area contributed by atoms with Gasteiger partial charge in [-0.05, 0) is 25.7 Å². The molecule has 2 N–H and O–H groups in total. The minimum absolute atomic E-state index is 0.139. The zero-order chi connectivity index (χ0) is 13.0. The summed E-state index contributed by atoms with van der Waals surface area (Å²) in [6.45, 7) is 2.46. The molecule has 0 fully saturated rings. The van der Waals surface area contributed by atoms with Crippen molar-refractivity contribution < 1.29 is 4.79 Å². The number of carbonyl (C=O) groups excluding carboxylic acids is 1. The van der Waals surface area contributed by atoms with Crippen LogP contribution in [0.3, 0.4) is 0 Å². The van der Waals surface area contributed by atoms with Crippen LogP contribution in [0.4, 0.5) is 5.69 Å². The van der Waals surface area contributed by atoms with Crippen molar-refractivity contribution in [2.75, 3.05) is 39.0 Å². The summed E-state index contributed by atoms with van der Waals surface area (Å²) in [4.78, 5) is 13.9. The standard InChI is InChI=1S/C14H21N3O/c1-17(2)8-7-15-14(18)9-11-10-16-13-6-4-3-5-12(11)13/h3-6,11,16H,7-10H2,1-2H3,(H,15,18). The Balaban J connectivity index is 1.82. The molecule has 1 aliphatic rings. The first-order valence-corrected chi connectivity index (χ1v) is 6.41. The van der Waals surface area contributed by atoms with Crippen LogP contribution in [0.25, 0.3) is 0 Å². The second kappa shape index (κ2) is 5.87. The number of carbonyl (C=O) groups is 1. The molecule has 18 heavy (non-hydrogen) atoms. The molecular formula is C14H21N3O. The summed E-state index contributed by atoms with van der Waals surface area (Å²) in [5, 5.41) is 6.30. The van der Waals surface area contributed by atoms with Crippen LogP contribution in [0.5, 0.6) is 0 Å². The maximum Gasteiger partial charge on any atom is 0.220 e. The normalized spacial score (nSPS) is 17.4. The molecule has 4 nitrogen and oxygen atoms in total. The molecule has 1 heterocycles. The van der Waals surface area contributed by atoms with E-state index in [2.05, 4.69) is 27.7 Å². The van der Waals surface area contributed by atoms with Gasteiger partial charge in [-0.1, -0.05) is 18.2 Å². The minimum atomic E-state index is 0.139. The second-order valence-electron chi connectivity index (χ2n) is 5.02. The van der Waals surface area contributed by atoms with Crippen molar-refractivity contribution in [3.63, 3.8) is 0 Å². The highest BCUT2D eigenvalue weighted by atomic mass is 16.1. The lowest BCUT2D eigenvalue weighted by Gasteiger charge is -2.13. The molecule has 1 aromatic carbocycles. The molecule has 1 unspecified atom stereocenters. The van der Waals surface area contributed by atoms with Crippen LogP contribution in [-0.2, 0) is 4.79 Å². The Morgan fingerprint density at radius 3 is 3.00 bits per heavy atom. The molecule has 1 atom stereocenters. The van der Waals surface area contributed by atoms with Gasteiger partial charge >= 0.3 is 0 Å². The van der Waals surface area contributed by atoms with Gasteiger partial charge in [-0.2, -0.15) is 0 Å². The van der Waals surface area contributed by atoms with Crippen molar-refractivity contribution in [2.45, 2.75) is 12.3 Å². The maximum absolute atomic E-state index is 11.8. The predicted octanol–water partition coefficient (Wildman–Crippen LogP) is 1.26. The third kappa shape index (κ3) is 3.23. The van der Waals surface area contributed by atoms with E-state index in [0.29, 0.717) is 18.9 Å². The van der Waals surface area contributed by atoms with E-state index in [9.17, 15) is 4.79 Å². The molecule has 0 spiro atoms. The molecule has 0 saturated heterocycles. The highest BCUT2D eigenvalue weighted by Crippen LogP contribution is 2.32. The van der Waals surface area contributed by atoms with Gasteiger partial charge in [-0.3, -0.25) is 4.79 Å². The van der Waals surface area contributed by atoms with Gasteiger partial charge in [0.25, 0.3) is 0 Å². The van der Waals surface area contributed by atoms with Gasteiger partial charge in [0, 0.05) is 37.7 Å².